The van der Waals surface area contributed by atoms with E-state index in [4.69, 9.17) is 5.73 Å². The van der Waals surface area contributed by atoms with E-state index in [9.17, 15) is 18.0 Å². The van der Waals surface area contributed by atoms with Gasteiger partial charge >= 0.3 is 6.18 Å². The van der Waals surface area contributed by atoms with Crippen LogP contribution in [-0.4, -0.2) is 36.3 Å². The summed E-state index contributed by atoms with van der Waals surface area (Å²) in [6.07, 6.45) is -3.03. The Labute approximate surface area is 119 Å². The lowest BCUT2D eigenvalue weighted by Gasteiger charge is -2.25. The first-order chi connectivity index (χ1) is 9.78. The van der Waals surface area contributed by atoms with Gasteiger partial charge in [0.1, 0.15) is 11.9 Å². The van der Waals surface area contributed by atoms with Gasteiger partial charge in [-0.2, -0.15) is 18.2 Å². The van der Waals surface area contributed by atoms with Crippen molar-refractivity contribution in [2.24, 2.45) is 5.73 Å². The zero-order chi connectivity index (χ0) is 15.6. The van der Waals surface area contributed by atoms with Crippen LogP contribution in [0.2, 0.25) is 0 Å². The van der Waals surface area contributed by atoms with Crippen LogP contribution in [0.1, 0.15) is 18.4 Å². The maximum Gasteiger partial charge on any atom is 0.422 e. The molecule has 1 aliphatic rings. The molecule has 1 unspecified atom stereocenters. The van der Waals surface area contributed by atoms with Gasteiger partial charge in [0.2, 0.25) is 11.8 Å². The monoisotopic (exact) mass is 303 g/mol. The molecule has 2 N–H and O–H groups in total. The van der Waals surface area contributed by atoms with E-state index in [1.54, 1.807) is 17.9 Å². The fourth-order valence-corrected chi connectivity index (χ4v) is 2.34. The number of aryl methyl sites for hydroxylation is 1. The Morgan fingerprint density at radius 2 is 2.24 bits per heavy atom. The van der Waals surface area contributed by atoms with Crippen LogP contribution in [0.25, 0.3) is 0 Å². The Balaban J connectivity index is 2.21. The number of pyridine rings is 1. The standard InChI is InChI=1S/C13H16F3N3O2/c1-8-4-5-10(21-7-13(14,15)16)18-12(8)19-6-2-3-9(19)11(17)20/h4-5,9H,2-3,6-7H2,1H3,(H2,17,20). The molecule has 116 valence electrons. The number of nitrogens with two attached hydrogens (primary N) is 1. The lowest BCUT2D eigenvalue weighted by atomic mass is 10.2. The van der Waals surface area contributed by atoms with Crippen molar-refractivity contribution < 1.29 is 22.7 Å². The number of nitrogens with zero attached hydrogens (tertiary/aromatic N) is 2. The van der Waals surface area contributed by atoms with Gasteiger partial charge in [-0.25, -0.2) is 0 Å². The zero-order valence-electron chi connectivity index (χ0n) is 11.5. The lowest BCUT2D eigenvalue weighted by Crippen LogP contribution is -2.41. The Bertz CT molecular complexity index is 534. The molecule has 1 aliphatic heterocycles. The van der Waals surface area contributed by atoms with E-state index in [-0.39, 0.29) is 5.88 Å². The maximum absolute atomic E-state index is 12.2. The molecule has 0 saturated carbocycles. The number of alkyl halides is 3. The lowest BCUT2D eigenvalue weighted by molar-refractivity contribution is -0.154. The molecule has 1 aromatic rings. The van der Waals surface area contributed by atoms with E-state index >= 15 is 0 Å². The Morgan fingerprint density at radius 1 is 1.52 bits per heavy atom. The second-order valence-corrected chi connectivity index (χ2v) is 4.95. The van der Waals surface area contributed by atoms with E-state index in [2.05, 4.69) is 9.72 Å². The van der Waals surface area contributed by atoms with Gasteiger partial charge in [-0.1, -0.05) is 6.07 Å². The molecule has 0 aromatic carbocycles. The van der Waals surface area contributed by atoms with Gasteiger partial charge in [0.05, 0.1) is 0 Å². The topological polar surface area (TPSA) is 68.4 Å². The third kappa shape index (κ3) is 3.77. The summed E-state index contributed by atoms with van der Waals surface area (Å²) in [6.45, 7) is 0.957. The molecule has 2 heterocycles. The predicted octanol–water partition coefficient (Wildman–Crippen LogP) is 1.79. The molecule has 0 spiro atoms. The van der Waals surface area contributed by atoms with Gasteiger partial charge in [-0.3, -0.25) is 4.79 Å². The van der Waals surface area contributed by atoms with Gasteiger partial charge in [0.25, 0.3) is 0 Å². The van der Waals surface area contributed by atoms with E-state index < -0.39 is 24.7 Å². The molecule has 1 saturated heterocycles. The average molecular weight is 303 g/mol. The predicted molar refractivity (Wildman–Crippen MR) is 70.1 cm³/mol. The Morgan fingerprint density at radius 3 is 2.86 bits per heavy atom. The molecular formula is C13H16F3N3O2. The summed E-state index contributed by atoms with van der Waals surface area (Å²) < 4.78 is 41.1. The number of aromatic nitrogens is 1. The van der Waals surface area contributed by atoms with Gasteiger partial charge < -0.3 is 15.4 Å². The highest BCUT2D eigenvalue weighted by molar-refractivity contribution is 5.84. The van der Waals surface area contributed by atoms with E-state index in [1.807, 2.05) is 0 Å². The van der Waals surface area contributed by atoms with Crippen molar-refractivity contribution in [1.82, 2.24) is 4.98 Å². The van der Waals surface area contributed by atoms with E-state index in [0.29, 0.717) is 18.8 Å². The summed E-state index contributed by atoms with van der Waals surface area (Å²) in [5.74, 6) is -0.144. The molecule has 1 amide bonds. The highest BCUT2D eigenvalue weighted by atomic mass is 19.4. The summed E-state index contributed by atoms with van der Waals surface area (Å²) in [7, 11) is 0. The van der Waals surface area contributed by atoms with E-state index in [1.165, 1.54) is 6.07 Å². The highest BCUT2D eigenvalue weighted by Gasteiger charge is 2.32. The fraction of sp³-hybridized carbons (Fsp3) is 0.538. The molecule has 2 rings (SSSR count). The minimum atomic E-state index is -4.42. The summed E-state index contributed by atoms with van der Waals surface area (Å²) in [5, 5.41) is 0. The SMILES string of the molecule is Cc1ccc(OCC(F)(F)F)nc1N1CCCC1C(N)=O. The second kappa shape index (κ2) is 5.79. The van der Waals surface area contributed by atoms with Gasteiger partial charge in [0, 0.05) is 12.6 Å². The van der Waals surface area contributed by atoms with Crippen molar-refractivity contribution in [3.8, 4) is 5.88 Å². The van der Waals surface area contributed by atoms with Crippen molar-refractivity contribution in [1.29, 1.82) is 0 Å². The fourth-order valence-electron chi connectivity index (χ4n) is 2.34. The van der Waals surface area contributed by atoms with Crippen molar-refractivity contribution in [3.63, 3.8) is 0 Å². The molecule has 21 heavy (non-hydrogen) atoms. The molecule has 0 aliphatic carbocycles. The Hall–Kier alpha value is -1.99. The number of amides is 1. The number of primary amides is 1. The third-order valence-corrected chi connectivity index (χ3v) is 3.28. The molecule has 0 bridgehead atoms. The third-order valence-electron chi connectivity index (χ3n) is 3.28. The first-order valence-electron chi connectivity index (χ1n) is 6.51. The molecule has 5 nitrogen and oxygen atoms in total. The molecule has 0 radical (unpaired) electrons. The van der Waals surface area contributed by atoms with Crippen molar-refractivity contribution in [2.75, 3.05) is 18.1 Å². The van der Waals surface area contributed by atoms with Crippen LogP contribution in [-0.2, 0) is 4.79 Å². The zero-order valence-corrected chi connectivity index (χ0v) is 11.5. The quantitative estimate of drug-likeness (QED) is 0.920. The second-order valence-electron chi connectivity index (χ2n) is 4.95. The first kappa shape index (κ1) is 15.4. The van der Waals surface area contributed by atoms with Crippen LogP contribution in [0.5, 0.6) is 5.88 Å². The van der Waals surface area contributed by atoms with E-state index in [0.717, 1.165) is 12.0 Å². The van der Waals surface area contributed by atoms with Crippen LogP contribution in [0.4, 0.5) is 19.0 Å². The van der Waals surface area contributed by atoms with Gasteiger partial charge in [-0.15, -0.1) is 0 Å². The number of hydrogen-bond donors (Lipinski definition) is 1. The molecule has 1 aromatic heterocycles. The first-order valence-corrected chi connectivity index (χ1v) is 6.51. The number of carbonyl (C=O) groups is 1. The van der Waals surface area contributed by atoms with Gasteiger partial charge in [-0.05, 0) is 25.3 Å². The summed E-state index contributed by atoms with van der Waals surface area (Å²) >= 11 is 0. The largest absolute Gasteiger partial charge is 0.468 e. The maximum atomic E-state index is 12.2. The van der Waals surface area contributed by atoms with Crippen LogP contribution < -0.4 is 15.4 Å². The van der Waals surface area contributed by atoms with Gasteiger partial charge in [0.15, 0.2) is 6.61 Å². The number of ether oxygens (including phenoxy) is 1. The average Bonchev–Trinajstić information content (AvgIpc) is 2.86. The molecule has 1 fully saturated rings. The minimum absolute atomic E-state index is 0.122. The number of hydrogen-bond acceptors (Lipinski definition) is 4. The number of carbonyl (C=O) groups excluding carboxylic acids is 1. The number of rotatable bonds is 4. The van der Waals surface area contributed by atoms with Crippen LogP contribution in [0.3, 0.4) is 0 Å². The highest BCUT2D eigenvalue weighted by Crippen LogP contribution is 2.29. The number of halogens is 3. The minimum Gasteiger partial charge on any atom is -0.468 e. The summed E-state index contributed by atoms with van der Waals surface area (Å²) in [5.41, 5.74) is 6.09. The summed E-state index contributed by atoms with van der Waals surface area (Å²) in [4.78, 5) is 17.2. The van der Waals surface area contributed by atoms with Crippen LogP contribution >= 0.6 is 0 Å². The van der Waals surface area contributed by atoms with Crippen molar-refractivity contribution in [2.45, 2.75) is 32.0 Å². The normalized spacial score (nSPS) is 18.9. The van der Waals surface area contributed by atoms with Crippen LogP contribution in [0, 0.1) is 6.92 Å². The van der Waals surface area contributed by atoms with Crippen molar-refractivity contribution in [3.05, 3.63) is 17.7 Å². The number of anilines is 1. The molecular weight excluding hydrogens is 287 g/mol. The molecule has 8 heteroatoms. The summed E-state index contributed by atoms with van der Waals surface area (Å²) in [6, 6.07) is 2.51. The van der Waals surface area contributed by atoms with Crippen LogP contribution in [0.15, 0.2) is 12.1 Å². The smallest absolute Gasteiger partial charge is 0.422 e. The Kier molecular flexibility index (Phi) is 4.24. The van der Waals surface area contributed by atoms with Crippen molar-refractivity contribution >= 4 is 11.7 Å². The molecule has 1 atom stereocenters.